The third-order valence-electron chi connectivity index (χ3n) is 4.77. The van der Waals surface area contributed by atoms with Gasteiger partial charge in [-0.3, -0.25) is 0 Å². The predicted molar refractivity (Wildman–Crippen MR) is 117 cm³/mol. The maximum absolute atomic E-state index is 13.6. The first-order valence-electron chi connectivity index (χ1n) is 9.36. The van der Waals surface area contributed by atoms with Crippen molar-refractivity contribution < 1.29 is 16.8 Å². The van der Waals surface area contributed by atoms with Crippen molar-refractivity contribution in [3.8, 4) is 0 Å². The van der Waals surface area contributed by atoms with Crippen LogP contribution in [0, 0.1) is 13.8 Å². The Morgan fingerprint density at radius 1 is 0.700 bits per heavy atom. The number of nitrogens with two attached hydrogens (primary N) is 1. The van der Waals surface area contributed by atoms with Crippen molar-refractivity contribution in [1.29, 1.82) is 0 Å². The second kappa shape index (κ2) is 8.69. The second-order valence-corrected chi connectivity index (χ2v) is 10.9. The van der Waals surface area contributed by atoms with Crippen molar-refractivity contribution in [2.75, 3.05) is 6.54 Å². The molecule has 0 saturated carbocycles. The zero-order valence-electron chi connectivity index (χ0n) is 16.8. The lowest BCUT2D eigenvalue weighted by Crippen LogP contribution is -2.42. The van der Waals surface area contributed by atoms with E-state index in [-0.39, 0.29) is 16.3 Å². The van der Waals surface area contributed by atoms with E-state index < -0.39 is 26.1 Å². The van der Waals surface area contributed by atoms with Crippen LogP contribution in [-0.2, 0) is 20.0 Å². The molecule has 0 radical (unpaired) electrons. The van der Waals surface area contributed by atoms with Crippen molar-refractivity contribution in [2.24, 2.45) is 5.73 Å². The molecule has 30 heavy (non-hydrogen) atoms. The monoisotopic (exact) mass is 444 g/mol. The number of hydrogen-bond donors (Lipinski definition) is 1. The molecule has 1 atom stereocenters. The van der Waals surface area contributed by atoms with E-state index in [1.54, 1.807) is 54.6 Å². The highest BCUT2D eigenvalue weighted by molar-refractivity contribution is 8.04. The van der Waals surface area contributed by atoms with Crippen molar-refractivity contribution >= 4 is 20.0 Å². The summed E-state index contributed by atoms with van der Waals surface area (Å²) >= 11 is 0. The Bertz CT molecular complexity index is 1130. The van der Waals surface area contributed by atoms with Crippen LogP contribution in [0.25, 0.3) is 0 Å². The molecule has 8 heteroatoms. The van der Waals surface area contributed by atoms with Gasteiger partial charge in [-0.05, 0) is 43.7 Å². The van der Waals surface area contributed by atoms with Gasteiger partial charge in [0.25, 0.3) is 20.0 Å². The van der Waals surface area contributed by atoms with Gasteiger partial charge in [0.05, 0.1) is 15.8 Å². The van der Waals surface area contributed by atoms with E-state index in [1.165, 1.54) is 24.3 Å². The summed E-state index contributed by atoms with van der Waals surface area (Å²) in [5, 5.41) is 0. The van der Waals surface area contributed by atoms with Crippen LogP contribution in [-0.4, -0.2) is 27.1 Å². The number of benzene rings is 3. The van der Waals surface area contributed by atoms with E-state index in [0.717, 1.165) is 11.1 Å². The molecule has 0 bridgehead atoms. The topological polar surface area (TPSA) is 97.5 Å². The molecule has 3 aromatic carbocycles. The molecular formula is C22H24N2O4S2. The first-order valence-corrected chi connectivity index (χ1v) is 12.2. The van der Waals surface area contributed by atoms with Gasteiger partial charge in [0.1, 0.15) is 0 Å². The Labute approximate surface area is 178 Å². The molecule has 158 valence electrons. The minimum Gasteiger partial charge on any atom is -0.329 e. The fourth-order valence-electron chi connectivity index (χ4n) is 3.11. The van der Waals surface area contributed by atoms with Crippen LogP contribution in [0.2, 0.25) is 0 Å². The minimum atomic E-state index is -4.43. The normalized spacial score (nSPS) is 13.3. The molecule has 6 nitrogen and oxygen atoms in total. The largest absolute Gasteiger partial charge is 0.329 e. The van der Waals surface area contributed by atoms with Crippen LogP contribution in [0.15, 0.2) is 88.7 Å². The van der Waals surface area contributed by atoms with Gasteiger partial charge < -0.3 is 5.73 Å². The van der Waals surface area contributed by atoms with Gasteiger partial charge in [0, 0.05) is 6.54 Å². The van der Waals surface area contributed by atoms with Crippen LogP contribution in [0.5, 0.6) is 0 Å². The fourth-order valence-corrected chi connectivity index (χ4v) is 7.12. The molecule has 0 aromatic heterocycles. The highest BCUT2D eigenvalue weighted by atomic mass is 32.3. The van der Waals surface area contributed by atoms with Crippen LogP contribution < -0.4 is 5.73 Å². The zero-order chi connectivity index (χ0) is 21.9. The van der Waals surface area contributed by atoms with E-state index in [0.29, 0.717) is 9.27 Å². The first kappa shape index (κ1) is 22.2. The second-order valence-electron chi connectivity index (χ2n) is 7.02. The molecule has 0 aliphatic carbocycles. The summed E-state index contributed by atoms with van der Waals surface area (Å²) in [4.78, 5) is -0.226. The lowest BCUT2D eigenvalue weighted by Gasteiger charge is -2.29. The summed E-state index contributed by atoms with van der Waals surface area (Å²) in [7, 11) is -8.86. The lowest BCUT2D eigenvalue weighted by molar-refractivity contribution is 0.433. The van der Waals surface area contributed by atoms with Gasteiger partial charge in [-0.15, -0.1) is 0 Å². The molecule has 0 aliphatic rings. The van der Waals surface area contributed by atoms with Gasteiger partial charge in [-0.25, -0.2) is 16.8 Å². The summed E-state index contributed by atoms with van der Waals surface area (Å²) in [6.07, 6.45) is 0. The Kier molecular flexibility index (Phi) is 6.42. The van der Waals surface area contributed by atoms with E-state index in [9.17, 15) is 16.8 Å². The molecule has 3 rings (SSSR count). The molecular weight excluding hydrogens is 420 g/mol. The van der Waals surface area contributed by atoms with Gasteiger partial charge in [-0.2, -0.15) is 0 Å². The SMILES string of the molecule is Cc1ccc(S(=O)(=O)N(C(CN)c2ccccc2)S(=O)(=O)c2ccc(C)cc2)cc1. The van der Waals surface area contributed by atoms with Crippen molar-refractivity contribution in [1.82, 2.24) is 3.71 Å². The summed E-state index contributed by atoms with van der Waals surface area (Å²) in [5.74, 6) is 0. The molecule has 0 amide bonds. The van der Waals surface area contributed by atoms with Crippen LogP contribution >= 0.6 is 0 Å². The summed E-state index contributed by atoms with van der Waals surface area (Å²) in [6, 6.07) is 19.6. The molecule has 2 N–H and O–H groups in total. The summed E-state index contributed by atoms with van der Waals surface area (Å²) in [6.45, 7) is 3.44. The van der Waals surface area contributed by atoms with Crippen LogP contribution in [0.1, 0.15) is 22.7 Å². The molecule has 0 aliphatic heterocycles. The zero-order valence-corrected chi connectivity index (χ0v) is 18.4. The quantitative estimate of drug-likeness (QED) is 0.602. The average Bonchev–Trinajstić information content (AvgIpc) is 2.72. The van der Waals surface area contributed by atoms with Gasteiger partial charge in [-0.1, -0.05) is 69.4 Å². The van der Waals surface area contributed by atoms with E-state index in [4.69, 9.17) is 5.73 Å². The highest BCUT2D eigenvalue weighted by Gasteiger charge is 2.42. The van der Waals surface area contributed by atoms with Crippen LogP contribution in [0.4, 0.5) is 0 Å². The van der Waals surface area contributed by atoms with E-state index >= 15 is 0 Å². The van der Waals surface area contributed by atoms with Crippen molar-refractivity contribution in [3.05, 3.63) is 95.6 Å². The number of hydrogen-bond acceptors (Lipinski definition) is 5. The average molecular weight is 445 g/mol. The van der Waals surface area contributed by atoms with Gasteiger partial charge in [0.15, 0.2) is 0 Å². The van der Waals surface area contributed by atoms with E-state index in [2.05, 4.69) is 0 Å². The maximum Gasteiger partial charge on any atom is 0.256 e. The summed E-state index contributed by atoms with van der Waals surface area (Å²) < 4.78 is 54.9. The summed E-state index contributed by atoms with van der Waals surface area (Å²) in [5.41, 5.74) is 8.15. The fraction of sp³-hybridized carbons (Fsp3) is 0.182. The van der Waals surface area contributed by atoms with Crippen LogP contribution in [0.3, 0.4) is 0 Å². The molecule has 1 unspecified atom stereocenters. The Balaban J connectivity index is 2.25. The molecule has 0 saturated heterocycles. The number of nitrogens with zero attached hydrogens (tertiary/aromatic N) is 1. The number of sulfonamides is 2. The van der Waals surface area contributed by atoms with E-state index in [1.807, 2.05) is 13.8 Å². The third-order valence-corrected chi connectivity index (χ3v) is 9.14. The van der Waals surface area contributed by atoms with Gasteiger partial charge in [0.2, 0.25) is 0 Å². The lowest BCUT2D eigenvalue weighted by atomic mass is 10.1. The van der Waals surface area contributed by atoms with Gasteiger partial charge >= 0.3 is 0 Å². The Morgan fingerprint density at radius 3 is 1.47 bits per heavy atom. The van der Waals surface area contributed by atoms with Crippen molar-refractivity contribution in [3.63, 3.8) is 0 Å². The Hall–Kier alpha value is -2.52. The number of aryl methyl sites for hydroxylation is 2. The predicted octanol–water partition coefficient (Wildman–Crippen LogP) is 3.38. The number of rotatable bonds is 7. The standard InChI is InChI=1S/C22H24N2O4S2/c1-17-8-12-20(13-9-17)29(25,26)24(22(16-23)19-6-4-3-5-7-19)30(27,28)21-14-10-18(2)11-15-21/h3-15,22H,16,23H2,1-2H3. The first-order chi connectivity index (χ1) is 14.2. The Morgan fingerprint density at radius 2 is 1.10 bits per heavy atom. The third kappa shape index (κ3) is 4.32. The molecule has 0 spiro atoms. The molecule has 0 fully saturated rings. The van der Waals surface area contributed by atoms with Crippen molar-refractivity contribution in [2.45, 2.75) is 29.7 Å². The smallest absolute Gasteiger partial charge is 0.256 e. The maximum atomic E-state index is 13.6. The minimum absolute atomic E-state index is 0.113. The molecule has 3 aromatic rings. The molecule has 0 heterocycles. The highest BCUT2D eigenvalue weighted by Crippen LogP contribution is 2.33.